The number of carboxylic acids is 1. The van der Waals surface area contributed by atoms with Crippen molar-refractivity contribution in [1.82, 2.24) is 10.6 Å². The van der Waals surface area contributed by atoms with Gasteiger partial charge in [0, 0.05) is 19.1 Å². The molecule has 6 nitrogen and oxygen atoms in total. The van der Waals surface area contributed by atoms with Gasteiger partial charge in [0.05, 0.1) is 0 Å². The molecule has 0 heterocycles. The highest BCUT2D eigenvalue weighted by Crippen LogP contribution is 2.26. The Hall–Kier alpha value is -1.30. The molecule has 0 aromatic heterocycles. The Labute approximate surface area is 113 Å². The molecule has 4 N–H and O–H groups in total. The zero-order chi connectivity index (χ0) is 14.3. The number of nitrogens with one attached hydrogen (secondary N) is 2. The normalized spacial score (nSPS) is 24.5. The fourth-order valence-electron chi connectivity index (χ4n) is 2.64. The van der Waals surface area contributed by atoms with Gasteiger partial charge >= 0.3 is 12.0 Å². The maximum atomic E-state index is 11.8. The summed E-state index contributed by atoms with van der Waals surface area (Å²) in [4.78, 5) is 22.7. The average Bonchev–Trinajstić information content (AvgIpc) is 2.38. The van der Waals surface area contributed by atoms with E-state index >= 15 is 0 Å². The van der Waals surface area contributed by atoms with E-state index < -0.39 is 18.0 Å². The molecule has 2 unspecified atom stereocenters. The Balaban J connectivity index is 2.46. The standard InChI is InChI=1S/C13H24N2O4/c1-2-9-5-3-4-6-10(9)14-13(19)15-11(7-8-16)12(17)18/h9-11,16H,2-8H2,1H3,(H,17,18)(H2,14,15,19)/t9?,10?,11-/m1/s1. The van der Waals surface area contributed by atoms with Gasteiger partial charge < -0.3 is 20.8 Å². The van der Waals surface area contributed by atoms with E-state index in [-0.39, 0.29) is 19.1 Å². The molecule has 1 fully saturated rings. The zero-order valence-corrected chi connectivity index (χ0v) is 11.4. The maximum absolute atomic E-state index is 11.8. The molecular formula is C13H24N2O4. The summed E-state index contributed by atoms with van der Waals surface area (Å²) < 4.78 is 0. The smallest absolute Gasteiger partial charge is 0.326 e. The lowest BCUT2D eigenvalue weighted by atomic mass is 9.83. The summed E-state index contributed by atoms with van der Waals surface area (Å²) in [5.74, 6) is -0.652. The molecule has 0 aromatic rings. The van der Waals surface area contributed by atoms with Crippen molar-refractivity contribution >= 4 is 12.0 Å². The van der Waals surface area contributed by atoms with Crippen molar-refractivity contribution < 1.29 is 19.8 Å². The second kappa shape index (κ2) is 7.99. The lowest BCUT2D eigenvalue weighted by molar-refractivity contribution is -0.139. The van der Waals surface area contributed by atoms with Gasteiger partial charge in [-0.1, -0.05) is 26.2 Å². The van der Waals surface area contributed by atoms with E-state index in [9.17, 15) is 9.59 Å². The lowest BCUT2D eigenvalue weighted by Gasteiger charge is -2.31. The third kappa shape index (κ3) is 5.06. The third-order valence-corrected chi connectivity index (χ3v) is 3.77. The largest absolute Gasteiger partial charge is 0.480 e. The highest BCUT2D eigenvalue weighted by atomic mass is 16.4. The van der Waals surface area contributed by atoms with Crippen molar-refractivity contribution in [3.63, 3.8) is 0 Å². The first-order valence-electron chi connectivity index (χ1n) is 6.99. The van der Waals surface area contributed by atoms with Crippen LogP contribution in [0.15, 0.2) is 0 Å². The van der Waals surface area contributed by atoms with E-state index in [2.05, 4.69) is 17.6 Å². The Morgan fingerprint density at radius 2 is 2.00 bits per heavy atom. The summed E-state index contributed by atoms with van der Waals surface area (Å²) in [6, 6.07) is -1.36. The van der Waals surface area contributed by atoms with E-state index in [1.54, 1.807) is 0 Å². The Kier molecular flexibility index (Phi) is 6.62. The highest BCUT2D eigenvalue weighted by Gasteiger charge is 2.26. The third-order valence-electron chi connectivity index (χ3n) is 3.77. The van der Waals surface area contributed by atoms with E-state index in [4.69, 9.17) is 10.2 Å². The summed E-state index contributed by atoms with van der Waals surface area (Å²) in [6.45, 7) is 1.84. The number of hydrogen-bond acceptors (Lipinski definition) is 3. The summed E-state index contributed by atoms with van der Waals surface area (Å²) in [5.41, 5.74) is 0. The number of carboxylic acid groups (broad SMARTS) is 1. The minimum atomic E-state index is -1.13. The molecule has 0 radical (unpaired) electrons. The second-order valence-electron chi connectivity index (χ2n) is 5.08. The van der Waals surface area contributed by atoms with E-state index in [0.29, 0.717) is 5.92 Å². The van der Waals surface area contributed by atoms with E-state index in [1.165, 1.54) is 6.42 Å². The number of carbonyl (C=O) groups excluding carboxylic acids is 1. The van der Waals surface area contributed by atoms with Crippen LogP contribution in [0.3, 0.4) is 0 Å². The van der Waals surface area contributed by atoms with Gasteiger partial charge in [-0.2, -0.15) is 0 Å². The van der Waals surface area contributed by atoms with Crippen LogP contribution in [-0.2, 0) is 4.79 Å². The zero-order valence-electron chi connectivity index (χ0n) is 11.4. The number of aliphatic carboxylic acids is 1. The van der Waals surface area contributed by atoms with Crippen molar-refractivity contribution in [2.24, 2.45) is 5.92 Å². The van der Waals surface area contributed by atoms with Crippen LogP contribution in [0.25, 0.3) is 0 Å². The van der Waals surface area contributed by atoms with Gasteiger partial charge in [0.25, 0.3) is 0 Å². The number of hydrogen-bond donors (Lipinski definition) is 4. The van der Waals surface area contributed by atoms with Gasteiger partial charge in [-0.15, -0.1) is 0 Å². The van der Waals surface area contributed by atoms with E-state index in [1.807, 2.05) is 0 Å². The number of urea groups is 1. The summed E-state index contributed by atoms with van der Waals surface area (Å²) in [7, 11) is 0. The summed E-state index contributed by atoms with van der Waals surface area (Å²) >= 11 is 0. The SMILES string of the molecule is CCC1CCCCC1NC(=O)N[C@H](CCO)C(=O)O. The van der Waals surface area contributed by atoms with Gasteiger partial charge in [0.2, 0.25) is 0 Å². The fraction of sp³-hybridized carbons (Fsp3) is 0.846. The van der Waals surface area contributed by atoms with Crippen LogP contribution in [0.5, 0.6) is 0 Å². The minimum absolute atomic E-state index is 0.0185. The number of amides is 2. The Bertz CT molecular complexity index is 309. The van der Waals surface area contributed by atoms with Crippen molar-refractivity contribution in [3.8, 4) is 0 Å². The van der Waals surface area contributed by atoms with Crippen LogP contribution < -0.4 is 10.6 Å². The van der Waals surface area contributed by atoms with Crippen LogP contribution in [0, 0.1) is 5.92 Å². The first-order valence-corrected chi connectivity index (χ1v) is 6.99. The highest BCUT2D eigenvalue weighted by molar-refractivity contribution is 5.82. The van der Waals surface area contributed by atoms with Crippen molar-refractivity contribution in [3.05, 3.63) is 0 Å². The molecule has 0 saturated heterocycles. The number of rotatable bonds is 6. The molecule has 0 bridgehead atoms. The molecule has 0 spiro atoms. The first-order chi connectivity index (χ1) is 9.08. The van der Waals surface area contributed by atoms with Crippen LogP contribution in [0.4, 0.5) is 4.79 Å². The number of aliphatic hydroxyl groups excluding tert-OH is 1. The van der Waals surface area contributed by atoms with Gasteiger partial charge in [0.15, 0.2) is 0 Å². The average molecular weight is 272 g/mol. The summed E-state index contributed by atoms with van der Waals surface area (Å²) in [6.07, 6.45) is 5.39. The topological polar surface area (TPSA) is 98.7 Å². The minimum Gasteiger partial charge on any atom is -0.480 e. The van der Waals surface area contributed by atoms with Gasteiger partial charge in [0.1, 0.15) is 6.04 Å². The monoisotopic (exact) mass is 272 g/mol. The predicted octanol–water partition coefficient (Wildman–Crippen LogP) is 1.09. The first kappa shape index (κ1) is 15.8. The Morgan fingerprint density at radius 1 is 1.32 bits per heavy atom. The quantitative estimate of drug-likeness (QED) is 0.581. The molecule has 2 amide bonds. The van der Waals surface area contributed by atoms with Gasteiger partial charge in [-0.25, -0.2) is 9.59 Å². The van der Waals surface area contributed by atoms with Crippen LogP contribution >= 0.6 is 0 Å². The van der Waals surface area contributed by atoms with Crippen LogP contribution in [0.2, 0.25) is 0 Å². The molecule has 6 heteroatoms. The lowest BCUT2D eigenvalue weighted by Crippen LogP contribution is -2.51. The van der Waals surface area contributed by atoms with Crippen LogP contribution in [-0.4, -0.2) is 40.9 Å². The van der Waals surface area contributed by atoms with Crippen molar-refractivity contribution in [2.75, 3.05) is 6.61 Å². The molecule has 1 aliphatic carbocycles. The van der Waals surface area contributed by atoms with E-state index in [0.717, 1.165) is 25.7 Å². The predicted molar refractivity (Wildman–Crippen MR) is 70.8 cm³/mol. The van der Waals surface area contributed by atoms with Gasteiger partial charge in [-0.3, -0.25) is 0 Å². The molecular weight excluding hydrogens is 248 g/mol. The summed E-state index contributed by atoms with van der Waals surface area (Å²) in [5, 5.41) is 22.9. The van der Waals surface area contributed by atoms with Crippen molar-refractivity contribution in [2.45, 2.75) is 57.5 Å². The fourth-order valence-corrected chi connectivity index (χ4v) is 2.64. The Morgan fingerprint density at radius 3 is 2.58 bits per heavy atom. The molecule has 110 valence electrons. The molecule has 0 aliphatic heterocycles. The van der Waals surface area contributed by atoms with Gasteiger partial charge in [-0.05, 0) is 18.8 Å². The molecule has 1 saturated carbocycles. The second-order valence-corrected chi connectivity index (χ2v) is 5.08. The molecule has 19 heavy (non-hydrogen) atoms. The van der Waals surface area contributed by atoms with Crippen LogP contribution in [0.1, 0.15) is 45.4 Å². The molecule has 1 aliphatic rings. The molecule has 0 aromatic carbocycles. The number of aliphatic hydroxyl groups is 1. The maximum Gasteiger partial charge on any atom is 0.326 e. The van der Waals surface area contributed by atoms with Crippen molar-refractivity contribution in [1.29, 1.82) is 0 Å². The molecule has 1 rings (SSSR count). The molecule has 3 atom stereocenters. The number of carbonyl (C=O) groups is 2.